The third-order valence-electron chi connectivity index (χ3n) is 6.05. The molecule has 2 amide bonds. The van der Waals surface area contributed by atoms with Crippen molar-refractivity contribution in [3.63, 3.8) is 0 Å². The van der Waals surface area contributed by atoms with Gasteiger partial charge in [0.25, 0.3) is 5.91 Å². The average molecular weight is 393 g/mol. The molecule has 0 aliphatic carbocycles. The Morgan fingerprint density at radius 2 is 1.79 bits per heavy atom. The van der Waals surface area contributed by atoms with Gasteiger partial charge in [0, 0.05) is 44.3 Å². The number of halogens is 2. The molecule has 2 fully saturated rings. The van der Waals surface area contributed by atoms with Gasteiger partial charge in [-0.2, -0.15) is 0 Å². The Morgan fingerprint density at radius 3 is 2.43 bits per heavy atom. The van der Waals surface area contributed by atoms with E-state index in [-0.39, 0.29) is 23.4 Å². The summed E-state index contributed by atoms with van der Waals surface area (Å²) in [6.45, 7) is 7.01. The maximum atomic E-state index is 13.4. The topological polar surface area (TPSA) is 43.9 Å². The van der Waals surface area contributed by atoms with Gasteiger partial charge in [-0.05, 0) is 50.8 Å². The monoisotopic (exact) mass is 393 g/mol. The van der Waals surface area contributed by atoms with E-state index in [1.807, 2.05) is 11.8 Å². The number of benzene rings is 1. The van der Waals surface area contributed by atoms with Crippen molar-refractivity contribution in [3.05, 3.63) is 35.4 Å². The highest BCUT2D eigenvalue weighted by atomic mass is 19.2. The molecule has 7 heteroatoms. The van der Waals surface area contributed by atoms with Gasteiger partial charge in [0.05, 0.1) is 6.04 Å². The van der Waals surface area contributed by atoms with Crippen molar-refractivity contribution < 1.29 is 18.4 Å². The van der Waals surface area contributed by atoms with Crippen molar-refractivity contribution in [2.24, 2.45) is 0 Å². The van der Waals surface area contributed by atoms with E-state index >= 15 is 0 Å². The van der Waals surface area contributed by atoms with Crippen LogP contribution in [0.1, 0.15) is 49.9 Å². The molecule has 3 rings (SSSR count). The highest BCUT2D eigenvalue weighted by molar-refractivity contribution is 5.94. The number of piperazine rings is 1. The predicted octanol–water partition coefficient (Wildman–Crippen LogP) is 2.90. The summed E-state index contributed by atoms with van der Waals surface area (Å²) in [4.78, 5) is 31.3. The SMILES string of the molecule is CCC1CCCCN1C(=O)C(C)N1CCN(C(=O)c2ccc(F)c(F)c2)CC1. The molecule has 2 atom stereocenters. The maximum absolute atomic E-state index is 13.4. The Kier molecular flexibility index (Phi) is 6.65. The molecule has 0 radical (unpaired) electrons. The Hall–Kier alpha value is -2.02. The van der Waals surface area contributed by atoms with Crippen molar-refractivity contribution in [1.82, 2.24) is 14.7 Å². The van der Waals surface area contributed by atoms with Crippen LogP contribution in [0.4, 0.5) is 8.78 Å². The number of carbonyl (C=O) groups excluding carboxylic acids is 2. The molecular formula is C21H29F2N3O2. The summed E-state index contributed by atoms with van der Waals surface area (Å²) in [5.41, 5.74) is 0.149. The molecule has 1 aromatic carbocycles. The van der Waals surface area contributed by atoms with Crippen LogP contribution in [-0.4, -0.2) is 71.3 Å². The standard InChI is InChI=1S/C21H29F2N3O2/c1-3-17-6-4-5-9-26(17)20(27)15(2)24-10-12-25(13-11-24)21(28)16-7-8-18(22)19(23)14-16/h7-8,14-15,17H,3-6,9-13H2,1-2H3. The molecule has 5 nitrogen and oxygen atoms in total. The van der Waals surface area contributed by atoms with E-state index in [1.165, 1.54) is 12.5 Å². The first-order valence-corrected chi connectivity index (χ1v) is 10.2. The summed E-state index contributed by atoms with van der Waals surface area (Å²) in [5, 5.41) is 0. The second-order valence-corrected chi connectivity index (χ2v) is 7.72. The van der Waals surface area contributed by atoms with Crippen LogP contribution in [0, 0.1) is 11.6 Å². The molecule has 2 unspecified atom stereocenters. The Bertz CT molecular complexity index is 720. The van der Waals surface area contributed by atoms with Gasteiger partial charge in [0.1, 0.15) is 0 Å². The number of nitrogens with zero attached hydrogens (tertiary/aromatic N) is 3. The molecule has 2 aliphatic rings. The van der Waals surface area contributed by atoms with Gasteiger partial charge in [-0.3, -0.25) is 14.5 Å². The van der Waals surface area contributed by atoms with E-state index in [9.17, 15) is 18.4 Å². The molecule has 154 valence electrons. The highest BCUT2D eigenvalue weighted by Gasteiger charge is 2.33. The van der Waals surface area contributed by atoms with Gasteiger partial charge in [-0.25, -0.2) is 8.78 Å². The quantitative estimate of drug-likeness (QED) is 0.790. The molecule has 28 heavy (non-hydrogen) atoms. The molecule has 2 heterocycles. The Balaban J connectivity index is 1.57. The van der Waals surface area contributed by atoms with Gasteiger partial charge in [0.2, 0.25) is 5.91 Å². The minimum absolute atomic E-state index is 0.149. The van der Waals surface area contributed by atoms with Crippen LogP contribution >= 0.6 is 0 Å². The third kappa shape index (κ3) is 4.35. The molecule has 0 saturated carbocycles. The van der Waals surface area contributed by atoms with Crippen LogP contribution in [0.3, 0.4) is 0 Å². The largest absolute Gasteiger partial charge is 0.338 e. The van der Waals surface area contributed by atoms with Crippen molar-refractivity contribution in [3.8, 4) is 0 Å². The summed E-state index contributed by atoms with van der Waals surface area (Å²) >= 11 is 0. The summed E-state index contributed by atoms with van der Waals surface area (Å²) in [7, 11) is 0. The number of carbonyl (C=O) groups is 2. The van der Waals surface area contributed by atoms with E-state index in [0.717, 1.165) is 37.9 Å². The summed E-state index contributed by atoms with van der Waals surface area (Å²) < 4.78 is 26.5. The van der Waals surface area contributed by atoms with Gasteiger partial charge >= 0.3 is 0 Å². The van der Waals surface area contributed by atoms with Gasteiger partial charge < -0.3 is 9.80 Å². The van der Waals surface area contributed by atoms with Gasteiger partial charge in [-0.15, -0.1) is 0 Å². The van der Waals surface area contributed by atoms with E-state index < -0.39 is 11.6 Å². The van der Waals surface area contributed by atoms with E-state index in [4.69, 9.17) is 0 Å². The number of piperidine rings is 1. The molecule has 0 bridgehead atoms. The average Bonchev–Trinajstić information content (AvgIpc) is 2.74. The van der Waals surface area contributed by atoms with Crippen molar-refractivity contribution in [2.75, 3.05) is 32.7 Å². The van der Waals surface area contributed by atoms with Crippen molar-refractivity contribution in [1.29, 1.82) is 0 Å². The minimum atomic E-state index is -1.02. The molecule has 0 aromatic heterocycles. The maximum Gasteiger partial charge on any atom is 0.254 e. The highest BCUT2D eigenvalue weighted by Crippen LogP contribution is 2.22. The molecule has 2 aliphatic heterocycles. The summed E-state index contributed by atoms with van der Waals surface area (Å²) in [6, 6.07) is 3.34. The first-order valence-electron chi connectivity index (χ1n) is 10.2. The Morgan fingerprint density at radius 1 is 1.07 bits per heavy atom. The molecule has 2 saturated heterocycles. The predicted molar refractivity (Wildman–Crippen MR) is 103 cm³/mol. The van der Waals surface area contributed by atoms with E-state index in [1.54, 1.807) is 4.90 Å². The summed E-state index contributed by atoms with van der Waals surface area (Å²) in [6.07, 6.45) is 4.30. The van der Waals surface area contributed by atoms with Gasteiger partial charge in [0.15, 0.2) is 11.6 Å². The second kappa shape index (κ2) is 8.99. The normalized spacial score (nSPS) is 22.2. The lowest BCUT2D eigenvalue weighted by molar-refractivity contribution is -0.140. The number of amides is 2. The fourth-order valence-corrected chi connectivity index (χ4v) is 4.24. The van der Waals surface area contributed by atoms with Crippen LogP contribution in [0.2, 0.25) is 0 Å². The fraction of sp³-hybridized carbons (Fsp3) is 0.619. The molecule has 0 spiro atoms. The van der Waals surface area contributed by atoms with Gasteiger partial charge in [-0.1, -0.05) is 6.92 Å². The lowest BCUT2D eigenvalue weighted by Crippen LogP contribution is -2.57. The Labute approximate surface area is 165 Å². The second-order valence-electron chi connectivity index (χ2n) is 7.72. The van der Waals surface area contributed by atoms with Crippen LogP contribution < -0.4 is 0 Å². The lowest BCUT2D eigenvalue weighted by Gasteiger charge is -2.42. The van der Waals surface area contributed by atoms with Crippen molar-refractivity contribution >= 4 is 11.8 Å². The minimum Gasteiger partial charge on any atom is -0.338 e. The van der Waals surface area contributed by atoms with Crippen LogP contribution in [0.15, 0.2) is 18.2 Å². The molecule has 1 aromatic rings. The molecular weight excluding hydrogens is 364 g/mol. The van der Waals surface area contributed by atoms with Crippen LogP contribution in [0.5, 0.6) is 0 Å². The number of rotatable bonds is 4. The number of hydrogen-bond donors (Lipinski definition) is 0. The van der Waals surface area contributed by atoms with E-state index in [0.29, 0.717) is 32.2 Å². The van der Waals surface area contributed by atoms with Crippen LogP contribution in [-0.2, 0) is 4.79 Å². The van der Waals surface area contributed by atoms with Crippen molar-refractivity contribution in [2.45, 2.75) is 51.6 Å². The zero-order valence-corrected chi connectivity index (χ0v) is 16.7. The third-order valence-corrected chi connectivity index (χ3v) is 6.05. The zero-order chi connectivity index (χ0) is 20.3. The number of hydrogen-bond acceptors (Lipinski definition) is 3. The van der Waals surface area contributed by atoms with E-state index in [2.05, 4.69) is 11.8 Å². The first kappa shape index (κ1) is 20.7. The van der Waals surface area contributed by atoms with Crippen LogP contribution in [0.25, 0.3) is 0 Å². The zero-order valence-electron chi connectivity index (χ0n) is 16.7. The molecule has 0 N–H and O–H groups in total. The smallest absolute Gasteiger partial charge is 0.254 e. The lowest BCUT2D eigenvalue weighted by atomic mass is 9.99. The number of likely N-dealkylation sites (tertiary alicyclic amines) is 1. The first-order chi connectivity index (χ1) is 13.4. The summed E-state index contributed by atoms with van der Waals surface area (Å²) in [5.74, 6) is -2.11. The fourth-order valence-electron chi connectivity index (χ4n) is 4.24.